The van der Waals surface area contributed by atoms with E-state index in [1.807, 2.05) is 6.92 Å². The second-order valence-corrected chi connectivity index (χ2v) is 8.69. The normalized spacial score (nSPS) is 17.7. The molecule has 3 aromatic rings. The zero-order valence-electron chi connectivity index (χ0n) is 18.5. The molecule has 2 aromatic heterocycles. The van der Waals surface area contributed by atoms with Crippen LogP contribution in [0.5, 0.6) is 0 Å². The number of aromatic nitrogens is 3. The average molecular weight is 435 g/mol. The number of carbonyl (C=O) groups is 1. The predicted molar refractivity (Wildman–Crippen MR) is 121 cm³/mol. The fourth-order valence-electron chi connectivity index (χ4n) is 4.65. The SMILES string of the molecule is CC(NC(=O)c1ccco1)c1nnc2n1CCN(Cc1ccc(N3CCCC3)cc1)CC2. The number of benzene rings is 1. The highest BCUT2D eigenvalue weighted by Crippen LogP contribution is 2.22. The van der Waals surface area contributed by atoms with Gasteiger partial charge in [0.05, 0.1) is 12.3 Å². The highest BCUT2D eigenvalue weighted by molar-refractivity contribution is 5.91. The first-order chi connectivity index (χ1) is 15.7. The van der Waals surface area contributed by atoms with E-state index in [0.717, 1.165) is 44.2 Å². The third-order valence-electron chi connectivity index (χ3n) is 6.44. The summed E-state index contributed by atoms with van der Waals surface area (Å²) in [5.74, 6) is 1.82. The van der Waals surface area contributed by atoms with Crippen LogP contribution in [0.25, 0.3) is 0 Å². The summed E-state index contributed by atoms with van der Waals surface area (Å²) in [5, 5.41) is 11.7. The topological polar surface area (TPSA) is 79.4 Å². The van der Waals surface area contributed by atoms with Crippen molar-refractivity contribution in [1.29, 1.82) is 0 Å². The van der Waals surface area contributed by atoms with E-state index in [1.165, 1.54) is 43.4 Å². The van der Waals surface area contributed by atoms with Crippen molar-refractivity contribution in [1.82, 2.24) is 25.0 Å². The highest BCUT2D eigenvalue weighted by Gasteiger charge is 2.23. The van der Waals surface area contributed by atoms with Crippen LogP contribution in [0, 0.1) is 0 Å². The summed E-state index contributed by atoms with van der Waals surface area (Å²) in [6.45, 7) is 7.89. The lowest BCUT2D eigenvalue weighted by atomic mass is 10.2. The van der Waals surface area contributed by atoms with Gasteiger partial charge in [-0.15, -0.1) is 10.2 Å². The number of amides is 1. The monoisotopic (exact) mass is 434 g/mol. The first kappa shape index (κ1) is 20.8. The van der Waals surface area contributed by atoms with Crippen LogP contribution >= 0.6 is 0 Å². The van der Waals surface area contributed by atoms with Crippen LogP contribution in [0.4, 0.5) is 5.69 Å². The van der Waals surface area contributed by atoms with Gasteiger partial charge in [0.25, 0.3) is 5.91 Å². The zero-order valence-corrected chi connectivity index (χ0v) is 18.5. The molecule has 5 rings (SSSR count). The van der Waals surface area contributed by atoms with Crippen LogP contribution in [0.1, 0.15) is 53.6 Å². The molecule has 0 radical (unpaired) electrons. The summed E-state index contributed by atoms with van der Waals surface area (Å²) in [6, 6.07) is 12.1. The minimum absolute atomic E-state index is 0.243. The van der Waals surface area contributed by atoms with Gasteiger partial charge in [-0.1, -0.05) is 12.1 Å². The van der Waals surface area contributed by atoms with E-state index in [1.54, 1.807) is 12.1 Å². The van der Waals surface area contributed by atoms with E-state index >= 15 is 0 Å². The molecule has 0 spiro atoms. The third-order valence-corrected chi connectivity index (χ3v) is 6.44. The number of hydrogen-bond acceptors (Lipinski definition) is 6. The summed E-state index contributed by atoms with van der Waals surface area (Å²) in [4.78, 5) is 17.3. The molecule has 4 heterocycles. The van der Waals surface area contributed by atoms with Crippen molar-refractivity contribution >= 4 is 11.6 Å². The van der Waals surface area contributed by atoms with Gasteiger partial charge in [0.1, 0.15) is 5.82 Å². The maximum Gasteiger partial charge on any atom is 0.287 e. The molecular formula is C24H30N6O2. The molecule has 2 aliphatic rings. The van der Waals surface area contributed by atoms with Crippen molar-refractivity contribution in [2.75, 3.05) is 31.1 Å². The molecule has 1 saturated heterocycles. The molecular weight excluding hydrogens is 404 g/mol. The van der Waals surface area contributed by atoms with Gasteiger partial charge in [-0.3, -0.25) is 9.69 Å². The summed E-state index contributed by atoms with van der Waals surface area (Å²) >= 11 is 0. The number of nitrogens with one attached hydrogen (secondary N) is 1. The lowest BCUT2D eigenvalue weighted by molar-refractivity contribution is 0.0909. The number of rotatable bonds is 6. The minimum Gasteiger partial charge on any atom is -0.459 e. The Balaban J connectivity index is 1.20. The Morgan fingerprint density at radius 3 is 2.62 bits per heavy atom. The lowest BCUT2D eigenvalue weighted by Gasteiger charge is -2.21. The lowest BCUT2D eigenvalue weighted by Crippen LogP contribution is -2.30. The minimum atomic E-state index is -0.251. The maximum atomic E-state index is 12.3. The van der Waals surface area contributed by atoms with E-state index in [-0.39, 0.29) is 11.9 Å². The van der Waals surface area contributed by atoms with Crippen molar-refractivity contribution in [2.24, 2.45) is 0 Å². The van der Waals surface area contributed by atoms with Crippen molar-refractivity contribution in [3.63, 3.8) is 0 Å². The third kappa shape index (κ3) is 4.41. The van der Waals surface area contributed by atoms with Crippen LogP contribution in [0.15, 0.2) is 47.1 Å². The number of nitrogens with zero attached hydrogens (tertiary/aromatic N) is 5. The second-order valence-electron chi connectivity index (χ2n) is 8.69. The van der Waals surface area contributed by atoms with Crippen LogP contribution in [-0.4, -0.2) is 51.8 Å². The molecule has 1 aromatic carbocycles. The first-order valence-electron chi connectivity index (χ1n) is 11.5. The molecule has 1 amide bonds. The van der Waals surface area contributed by atoms with E-state index < -0.39 is 0 Å². The maximum absolute atomic E-state index is 12.3. The van der Waals surface area contributed by atoms with E-state index in [9.17, 15) is 4.79 Å². The number of fused-ring (bicyclic) bond motifs is 1. The largest absolute Gasteiger partial charge is 0.459 e. The van der Waals surface area contributed by atoms with Crippen LogP contribution in [-0.2, 0) is 19.5 Å². The van der Waals surface area contributed by atoms with Gasteiger partial charge in [-0.2, -0.15) is 0 Å². The average Bonchev–Trinajstić information content (AvgIpc) is 3.57. The Morgan fingerprint density at radius 1 is 1.06 bits per heavy atom. The molecule has 8 heteroatoms. The van der Waals surface area contributed by atoms with Crippen molar-refractivity contribution in [2.45, 2.75) is 45.3 Å². The quantitative estimate of drug-likeness (QED) is 0.643. The molecule has 2 aliphatic heterocycles. The van der Waals surface area contributed by atoms with Crippen LogP contribution in [0.3, 0.4) is 0 Å². The molecule has 1 unspecified atom stereocenters. The van der Waals surface area contributed by atoms with Crippen molar-refractivity contribution in [3.05, 3.63) is 65.6 Å². The Hall–Kier alpha value is -3.13. The second kappa shape index (κ2) is 9.16. The molecule has 32 heavy (non-hydrogen) atoms. The van der Waals surface area contributed by atoms with Crippen LogP contribution < -0.4 is 10.2 Å². The first-order valence-corrected chi connectivity index (χ1v) is 11.5. The van der Waals surface area contributed by atoms with Gasteiger partial charge in [-0.05, 0) is 49.6 Å². The van der Waals surface area contributed by atoms with E-state index in [4.69, 9.17) is 4.42 Å². The van der Waals surface area contributed by atoms with E-state index in [2.05, 4.69) is 54.1 Å². The summed E-state index contributed by atoms with van der Waals surface area (Å²) in [5.41, 5.74) is 2.67. The van der Waals surface area contributed by atoms with Gasteiger partial charge in [-0.25, -0.2) is 0 Å². The zero-order chi connectivity index (χ0) is 21.9. The number of hydrogen-bond donors (Lipinski definition) is 1. The van der Waals surface area contributed by atoms with Crippen molar-refractivity contribution in [3.8, 4) is 0 Å². The molecule has 1 N–H and O–H groups in total. The molecule has 0 saturated carbocycles. The number of carbonyl (C=O) groups excluding carboxylic acids is 1. The standard InChI is InChI=1S/C24H30N6O2/c1-18(25-24(31)21-5-4-16-32-21)23-27-26-22-10-13-28(14-15-30(22)23)17-19-6-8-20(9-7-19)29-11-2-3-12-29/h4-9,16,18H,2-3,10-15,17H2,1H3,(H,25,31). The fraction of sp³-hybridized carbons (Fsp3) is 0.458. The Kier molecular flexibility index (Phi) is 5.94. The highest BCUT2D eigenvalue weighted by atomic mass is 16.3. The summed E-state index contributed by atoms with van der Waals surface area (Å²) < 4.78 is 7.35. The Bertz CT molecular complexity index is 1040. The smallest absolute Gasteiger partial charge is 0.287 e. The molecule has 168 valence electrons. The summed E-state index contributed by atoms with van der Waals surface area (Å²) in [6.07, 6.45) is 4.94. The molecule has 0 aliphatic carbocycles. The molecule has 8 nitrogen and oxygen atoms in total. The number of anilines is 1. The van der Waals surface area contributed by atoms with Gasteiger partial charge in [0, 0.05) is 51.4 Å². The fourth-order valence-corrected chi connectivity index (χ4v) is 4.65. The van der Waals surface area contributed by atoms with Gasteiger partial charge >= 0.3 is 0 Å². The summed E-state index contributed by atoms with van der Waals surface area (Å²) in [7, 11) is 0. The number of furan rings is 1. The molecule has 1 fully saturated rings. The molecule has 1 atom stereocenters. The predicted octanol–water partition coefficient (Wildman–Crippen LogP) is 3.02. The van der Waals surface area contributed by atoms with E-state index in [0.29, 0.717) is 5.76 Å². The van der Waals surface area contributed by atoms with Crippen LogP contribution in [0.2, 0.25) is 0 Å². The van der Waals surface area contributed by atoms with Gasteiger partial charge in [0.15, 0.2) is 11.6 Å². The van der Waals surface area contributed by atoms with Crippen molar-refractivity contribution < 1.29 is 9.21 Å². The molecule has 0 bridgehead atoms. The Labute approximate surface area is 188 Å². The van der Waals surface area contributed by atoms with Gasteiger partial charge < -0.3 is 19.2 Å². The van der Waals surface area contributed by atoms with Gasteiger partial charge in [0.2, 0.25) is 0 Å². The Morgan fingerprint density at radius 2 is 1.88 bits per heavy atom.